The molecule has 0 unspecified atom stereocenters. The first-order valence-corrected chi connectivity index (χ1v) is 10.2. The number of nitro groups is 1. The molecule has 8 heteroatoms. The Hall–Kier alpha value is -2.64. The van der Waals surface area contributed by atoms with Gasteiger partial charge in [-0.15, -0.1) is 0 Å². The van der Waals surface area contributed by atoms with Gasteiger partial charge in [0, 0.05) is 49.8 Å². The number of hydrogen-bond acceptors (Lipinski definition) is 5. The van der Waals surface area contributed by atoms with Gasteiger partial charge >= 0.3 is 0 Å². The molecule has 4 rings (SSSR count). The summed E-state index contributed by atoms with van der Waals surface area (Å²) in [6.07, 6.45) is 6.23. The van der Waals surface area contributed by atoms with Gasteiger partial charge in [-0.05, 0) is 37.8 Å². The molecule has 1 saturated heterocycles. The number of nitro benzene ring substituents is 1. The fourth-order valence-electron chi connectivity index (χ4n) is 4.13. The first-order chi connectivity index (χ1) is 13.5. The summed E-state index contributed by atoms with van der Waals surface area (Å²) in [5.41, 5.74) is 0.729. The van der Waals surface area contributed by atoms with Crippen molar-refractivity contribution in [3.05, 3.63) is 33.9 Å². The van der Waals surface area contributed by atoms with Gasteiger partial charge in [-0.25, -0.2) is 0 Å². The van der Waals surface area contributed by atoms with Gasteiger partial charge in [0.1, 0.15) is 5.69 Å². The van der Waals surface area contributed by atoms with Gasteiger partial charge in [-0.3, -0.25) is 19.7 Å². The average Bonchev–Trinajstić information content (AvgIpc) is 3.36. The monoisotopic (exact) mass is 386 g/mol. The lowest BCUT2D eigenvalue weighted by molar-refractivity contribution is -0.384. The van der Waals surface area contributed by atoms with Crippen LogP contribution in [0.15, 0.2) is 18.2 Å². The molecule has 1 heterocycles. The lowest BCUT2D eigenvalue weighted by Gasteiger charge is -2.36. The molecular weight excluding hydrogens is 360 g/mol. The number of rotatable bonds is 5. The number of hydrogen-bond donors (Lipinski definition) is 1. The minimum Gasteiger partial charge on any atom is -0.377 e. The lowest BCUT2D eigenvalue weighted by Crippen LogP contribution is -2.51. The second-order valence-corrected chi connectivity index (χ2v) is 8.01. The van der Waals surface area contributed by atoms with Crippen molar-refractivity contribution in [3.63, 3.8) is 0 Å². The van der Waals surface area contributed by atoms with Gasteiger partial charge in [-0.2, -0.15) is 0 Å². The molecule has 0 atom stereocenters. The maximum absolute atomic E-state index is 12.8. The van der Waals surface area contributed by atoms with E-state index in [1.165, 1.54) is 6.07 Å². The van der Waals surface area contributed by atoms with E-state index < -0.39 is 4.92 Å². The highest BCUT2D eigenvalue weighted by Gasteiger charge is 2.31. The van der Waals surface area contributed by atoms with Crippen LogP contribution in [0.2, 0.25) is 0 Å². The molecule has 0 spiro atoms. The van der Waals surface area contributed by atoms with Gasteiger partial charge in [0.2, 0.25) is 5.91 Å². The molecule has 1 aromatic carbocycles. The zero-order valence-corrected chi connectivity index (χ0v) is 15.9. The molecule has 0 aromatic heterocycles. The Bertz CT molecular complexity index is 778. The molecule has 1 aliphatic heterocycles. The minimum atomic E-state index is -0.445. The molecule has 0 bridgehead atoms. The SMILES string of the molecule is O=C(c1ccc(NC2CC2)c([N+](=O)[O-])c1)N1CCN(C(=O)C2CCCC2)CC1. The van der Waals surface area contributed by atoms with Crippen LogP contribution in [-0.2, 0) is 4.79 Å². The van der Waals surface area contributed by atoms with Crippen molar-refractivity contribution in [2.45, 2.75) is 44.6 Å². The number of carbonyl (C=O) groups excluding carboxylic acids is 2. The summed E-state index contributed by atoms with van der Waals surface area (Å²) in [6.45, 7) is 2.00. The summed E-state index contributed by atoms with van der Waals surface area (Å²) in [5, 5.41) is 14.6. The van der Waals surface area contributed by atoms with E-state index in [2.05, 4.69) is 5.32 Å². The van der Waals surface area contributed by atoms with Crippen LogP contribution in [0, 0.1) is 16.0 Å². The Morgan fingerprint density at radius 2 is 1.64 bits per heavy atom. The normalized spacial score (nSPS) is 20.3. The number of piperazine rings is 1. The number of anilines is 1. The molecule has 8 nitrogen and oxygen atoms in total. The maximum Gasteiger partial charge on any atom is 0.293 e. The molecular formula is C20H26N4O4. The van der Waals surface area contributed by atoms with Crippen molar-refractivity contribution >= 4 is 23.2 Å². The van der Waals surface area contributed by atoms with E-state index in [1.54, 1.807) is 17.0 Å². The maximum atomic E-state index is 12.8. The van der Waals surface area contributed by atoms with Crippen molar-refractivity contribution < 1.29 is 14.5 Å². The smallest absolute Gasteiger partial charge is 0.293 e. The van der Waals surface area contributed by atoms with Gasteiger partial charge in [-0.1, -0.05) is 12.8 Å². The molecule has 3 aliphatic rings. The predicted molar refractivity (Wildman–Crippen MR) is 104 cm³/mol. The van der Waals surface area contributed by atoms with Crippen LogP contribution < -0.4 is 5.32 Å². The van der Waals surface area contributed by atoms with E-state index in [1.807, 2.05) is 4.90 Å². The number of carbonyl (C=O) groups is 2. The Morgan fingerprint density at radius 3 is 2.25 bits per heavy atom. The van der Waals surface area contributed by atoms with E-state index in [0.717, 1.165) is 38.5 Å². The van der Waals surface area contributed by atoms with Crippen LogP contribution in [0.5, 0.6) is 0 Å². The Balaban J connectivity index is 1.40. The Morgan fingerprint density at radius 1 is 1.00 bits per heavy atom. The lowest BCUT2D eigenvalue weighted by atomic mass is 10.1. The first kappa shape index (κ1) is 18.7. The largest absolute Gasteiger partial charge is 0.377 e. The highest BCUT2D eigenvalue weighted by molar-refractivity contribution is 5.96. The van der Waals surface area contributed by atoms with Crippen molar-refractivity contribution in [1.82, 2.24) is 9.80 Å². The van der Waals surface area contributed by atoms with E-state index in [-0.39, 0.29) is 23.4 Å². The Kier molecular flexibility index (Phi) is 5.19. The Labute approximate surface area is 164 Å². The van der Waals surface area contributed by atoms with Crippen LogP contribution in [0.25, 0.3) is 0 Å². The second-order valence-electron chi connectivity index (χ2n) is 8.01. The number of nitrogens with one attached hydrogen (secondary N) is 1. The summed E-state index contributed by atoms with van der Waals surface area (Å²) in [6, 6.07) is 4.94. The van der Waals surface area contributed by atoms with Crippen LogP contribution in [0.1, 0.15) is 48.9 Å². The highest BCUT2D eigenvalue weighted by Crippen LogP contribution is 2.32. The van der Waals surface area contributed by atoms with E-state index >= 15 is 0 Å². The number of benzene rings is 1. The van der Waals surface area contributed by atoms with Crippen LogP contribution in [-0.4, -0.2) is 58.8 Å². The van der Waals surface area contributed by atoms with Crippen LogP contribution >= 0.6 is 0 Å². The fourth-order valence-corrected chi connectivity index (χ4v) is 4.13. The van der Waals surface area contributed by atoms with Crippen molar-refractivity contribution in [1.29, 1.82) is 0 Å². The predicted octanol–water partition coefficient (Wildman–Crippen LogP) is 2.64. The standard InChI is InChI=1S/C20H26N4O4/c25-19(14-3-1-2-4-14)22-9-11-23(12-10-22)20(26)15-5-8-17(21-16-6-7-16)18(13-15)24(27)28/h5,8,13-14,16,21H,1-4,6-7,9-12H2. The first-order valence-electron chi connectivity index (χ1n) is 10.2. The number of nitrogens with zero attached hydrogens (tertiary/aromatic N) is 3. The summed E-state index contributed by atoms with van der Waals surface area (Å²) in [5.74, 6) is 0.154. The summed E-state index contributed by atoms with van der Waals surface area (Å²) in [7, 11) is 0. The van der Waals surface area contributed by atoms with Crippen molar-refractivity contribution in [3.8, 4) is 0 Å². The van der Waals surface area contributed by atoms with Crippen molar-refractivity contribution in [2.75, 3.05) is 31.5 Å². The second kappa shape index (κ2) is 7.77. The molecule has 28 heavy (non-hydrogen) atoms. The summed E-state index contributed by atoms with van der Waals surface area (Å²) in [4.78, 5) is 39.9. The number of amides is 2. The summed E-state index contributed by atoms with van der Waals surface area (Å²) >= 11 is 0. The topological polar surface area (TPSA) is 95.8 Å². The van der Waals surface area contributed by atoms with Gasteiger partial charge < -0.3 is 15.1 Å². The third kappa shape index (κ3) is 3.95. The van der Waals surface area contributed by atoms with Gasteiger partial charge in [0.05, 0.1) is 4.92 Å². The van der Waals surface area contributed by atoms with E-state index in [4.69, 9.17) is 0 Å². The zero-order chi connectivity index (χ0) is 19.7. The van der Waals surface area contributed by atoms with E-state index in [0.29, 0.717) is 43.5 Å². The van der Waals surface area contributed by atoms with E-state index in [9.17, 15) is 19.7 Å². The van der Waals surface area contributed by atoms with Crippen LogP contribution in [0.4, 0.5) is 11.4 Å². The molecule has 1 N–H and O–H groups in total. The molecule has 0 radical (unpaired) electrons. The third-order valence-electron chi connectivity index (χ3n) is 5.96. The molecule has 2 saturated carbocycles. The molecule has 3 fully saturated rings. The van der Waals surface area contributed by atoms with Gasteiger partial charge in [0.25, 0.3) is 11.6 Å². The van der Waals surface area contributed by atoms with Gasteiger partial charge in [0.15, 0.2) is 0 Å². The molecule has 2 aliphatic carbocycles. The summed E-state index contributed by atoms with van der Waals surface area (Å²) < 4.78 is 0. The minimum absolute atomic E-state index is 0.0622. The fraction of sp³-hybridized carbons (Fsp3) is 0.600. The quantitative estimate of drug-likeness (QED) is 0.620. The highest BCUT2D eigenvalue weighted by atomic mass is 16.6. The van der Waals surface area contributed by atoms with Crippen LogP contribution in [0.3, 0.4) is 0 Å². The average molecular weight is 386 g/mol. The zero-order valence-electron chi connectivity index (χ0n) is 15.9. The molecule has 150 valence electrons. The molecule has 2 amide bonds. The molecule has 1 aromatic rings. The van der Waals surface area contributed by atoms with Crippen molar-refractivity contribution in [2.24, 2.45) is 5.92 Å². The third-order valence-corrected chi connectivity index (χ3v) is 5.96.